The molecule has 0 bridgehead atoms. The van der Waals surface area contributed by atoms with E-state index in [0.29, 0.717) is 19.3 Å². The third-order valence-corrected chi connectivity index (χ3v) is 10.8. The highest BCUT2D eigenvalue weighted by Crippen LogP contribution is 2.17. The van der Waals surface area contributed by atoms with E-state index in [1.54, 1.807) is 0 Å². The molecule has 0 aromatic carbocycles. The summed E-state index contributed by atoms with van der Waals surface area (Å²) in [6, 6.07) is 0. The van der Waals surface area contributed by atoms with Gasteiger partial charge in [0.05, 0.1) is 0 Å². The largest absolute Gasteiger partial charge is 0.462 e. The molecule has 2 atom stereocenters. The van der Waals surface area contributed by atoms with E-state index in [-0.39, 0.29) is 31.1 Å². The van der Waals surface area contributed by atoms with Crippen molar-refractivity contribution in [2.75, 3.05) is 13.2 Å². The molecular formula is C47H90O6. The Balaban J connectivity index is 4.34. The highest BCUT2D eigenvalue weighted by atomic mass is 16.6. The van der Waals surface area contributed by atoms with Gasteiger partial charge in [-0.3, -0.25) is 14.4 Å². The SMILES string of the molecule is CCCCCCCCCCCCC(=O)OC[C@@H](COC(=O)CCCCCCCCCCC(C)C)OC(=O)CCCCCCCCCCCCC(C)CC. The summed E-state index contributed by atoms with van der Waals surface area (Å²) < 4.78 is 16.7. The summed E-state index contributed by atoms with van der Waals surface area (Å²) in [4.78, 5) is 37.7. The highest BCUT2D eigenvalue weighted by Gasteiger charge is 2.19. The van der Waals surface area contributed by atoms with Crippen molar-refractivity contribution < 1.29 is 28.6 Å². The Morgan fingerprint density at radius 2 is 0.717 bits per heavy atom. The van der Waals surface area contributed by atoms with Crippen molar-refractivity contribution in [3.05, 3.63) is 0 Å². The molecule has 0 aromatic rings. The molecule has 6 heteroatoms. The second-order valence-electron chi connectivity index (χ2n) is 16.8. The van der Waals surface area contributed by atoms with Gasteiger partial charge >= 0.3 is 17.9 Å². The van der Waals surface area contributed by atoms with Crippen molar-refractivity contribution in [2.24, 2.45) is 11.8 Å². The highest BCUT2D eigenvalue weighted by molar-refractivity contribution is 5.71. The molecule has 0 fully saturated rings. The van der Waals surface area contributed by atoms with Gasteiger partial charge in [-0.15, -0.1) is 0 Å². The fraction of sp³-hybridized carbons (Fsp3) is 0.936. The Bertz CT molecular complexity index is 811. The zero-order valence-corrected chi connectivity index (χ0v) is 36.1. The zero-order valence-electron chi connectivity index (χ0n) is 36.1. The molecule has 0 spiro atoms. The van der Waals surface area contributed by atoms with Crippen LogP contribution in [0.5, 0.6) is 0 Å². The first kappa shape index (κ1) is 51.4. The topological polar surface area (TPSA) is 78.9 Å². The molecule has 0 rings (SSSR count). The van der Waals surface area contributed by atoms with Gasteiger partial charge < -0.3 is 14.2 Å². The van der Waals surface area contributed by atoms with Crippen LogP contribution in [-0.2, 0) is 28.6 Å². The normalized spacial score (nSPS) is 12.6. The lowest BCUT2D eigenvalue weighted by Crippen LogP contribution is -2.30. The number of unbranched alkanes of at least 4 members (excludes halogenated alkanes) is 25. The maximum atomic E-state index is 12.7. The Kier molecular flexibility index (Phi) is 38.9. The number of hydrogen-bond acceptors (Lipinski definition) is 6. The number of rotatable bonds is 41. The second-order valence-corrected chi connectivity index (χ2v) is 16.8. The summed E-state index contributed by atoms with van der Waals surface area (Å²) in [5.74, 6) is 0.805. The van der Waals surface area contributed by atoms with Crippen molar-refractivity contribution in [3.63, 3.8) is 0 Å². The number of hydrogen-bond donors (Lipinski definition) is 0. The van der Waals surface area contributed by atoms with Gasteiger partial charge in [-0.2, -0.15) is 0 Å². The molecule has 0 amide bonds. The lowest BCUT2D eigenvalue weighted by Gasteiger charge is -2.18. The van der Waals surface area contributed by atoms with Gasteiger partial charge in [0.15, 0.2) is 6.10 Å². The van der Waals surface area contributed by atoms with Gasteiger partial charge in [0.2, 0.25) is 0 Å². The second kappa shape index (κ2) is 40.1. The molecule has 0 aromatic heterocycles. The number of carbonyl (C=O) groups is 3. The first-order chi connectivity index (χ1) is 25.8. The maximum absolute atomic E-state index is 12.7. The Hall–Kier alpha value is -1.59. The van der Waals surface area contributed by atoms with E-state index in [4.69, 9.17) is 14.2 Å². The third-order valence-electron chi connectivity index (χ3n) is 10.8. The minimum atomic E-state index is -0.760. The van der Waals surface area contributed by atoms with Crippen molar-refractivity contribution >= 4 is 17.9 Å². The first-order valence-corrected chi connectivity index (χ1v) is 23.3. The summed E-state index contributed by atoms with van der Waals surface area (Å²) in [5, 5.41) is 0. The Morgan fingerprint density at radius 1 is 0.396 bits per heavy atom. The first-order valence-electron chi connectivity index (χ1n) is 23.3. The molecule has 0 radical (unpaired) electrons. The zero-order chi connectivity index (χ0) is 39.0. The monoisotopic (exact) mass is 751 g/mol. The van der Waals surface area contributed by atoms with Crippen LogP contribution < -0.4 is 0 Å². The standard InChI is InChI=1S/C47H90O6/c1-6-8-9-10-11-12-16-22-27-32-37-45(48)51-40-44(41-52-46(49)38-33-28-23-19-18-20-25-30-35-42(3)4)53-47(50)39-34-29-24-17-14-13-15-21-26-31-36-43(5)7-2/h42-44H,6-41H2,1-5H3/t43?,44-/m0/s1. The molecule has 6 nitrogen and oxygen atoms in total. The fourth-order valence-electron chi connectivity index (χ4n) is 6.90. The fourth-order valence-corrected chi connectivity index (χ4v) is 6.90. The van der Waals surface area contributed by atoms with Gasteiger partial charge in [0.1, 0.15) is 13.2 Å². The molecule has 1 unspecified atom stereocenters. The van der Waals surface area contributed by atoms with Gasteiger partial charge in [-0.1, -0.05) is 214 Å². The molecule has 0 aliphatic carbocycles. The maximum Gasteiger partial charge on any atom is 0.306 e. The van der Waals surface area contributed by atoms with Crippen LogP contribution in [0, 0.1) is 11.8 Å². The van der Waals surface area contributed by atoms with Crippen molar-refractivity contribution in [3.8, 4) is 0 Å². The van der Waals surface area contributed by atoms with Crippen LogP contribution in [0.25, 0.3) is 0 Å². The molecule has 53 heavy (non-hydrogen) atoms. The predicted molar refractivity (Wildman–Crippen MR) is 224 cm³/mol. The molecular weight excluding hydrogens is 661 g/mol. The van der Waals surface area contributed by atoms with Crippen LogP contribution in [0.4, 0.5) is 0 Å². The summed E-state index contributed by atoms with van der Waals surface area (Å²) in [6.07, 6.45) is 38.0. The van der Waals surface area contributed by atoms with Crippen LogP contribution >= 0.6 is 0 Å². The van der Waals surface area contributed by atoms with E-state index in [0.717, 1.165) is 69.6 Å². The van der Waals surface area contributed by atoms with Gasteiger partial charge in [-0.25, -0.2) is 0 Å². The molecule has 0 heterocycles. The minimum Gasteiger partial charge on any atom is -0.462 e. The van der Waals surface area contributed by atoms with Crippen molar-refractivity contribution in [1.82, 2.24) is 0 Å². The lowest BCUT2D eigenvalue weighted by atomic mass is 9.99. The third kappa shape index (κ3) is 39.9. The lowest BCUT2D eigenvalue weighted by molar-refractivity contribution is -0.167. The molecule has 0 saturated heterocycles. The smallest absolute Gasteiger partial charge is 0.306 e. The summed E-state index contributed by atoms with van der Waals surface area (Å²) in [7, 11) is 0. The number of carbonyl (C=O) groups excluding carboxylic acids is 3. The summed E-state index contributed by atoms with van der Waals surface area (Å²) in [6.45, 7) is 11.3. The van der Waals surface area contributed by atoms with Gasteiger partial charge in [0.25, 0.3) is 0 Å². The van der Waals surface area contributed by atoms with Crippen molar-refractivity contribution in [1.29, 1.82) is 0 Å². The van der Waals surface area contributed by atoms with Crippen LogP contribution in [0.15, 0.2) is 0 Å². The van der Waals surface area contributed by atoms with Crippen LogP contribution in [-0.4, -0.2) is 37.2 Å². The van der Waals surface area contributed by atoms with Crippen LogP contribution in [0.2, 0.25) is 0 Å². The summed E-state index contributed by atoms with van der Waals surface area (Å²) >= 11 is 0. The predicted octanol–water partition coefficient (Wildman–Crippen LogP) is 14.6. The van der Waals surface area contributed by atoms with Gasteiger partial charge in [-0.05, 0) is 31.1 Å². The van der Waals surface area contributed by atoms with Gasteiger partial charge in [0, 0.05) is 19.3 Å². The molecule has 314 valence electrons. The molecule has 0 aliphatic heterocycles. The minimum absolute atomic E-state index is 0.0651. The van der Waals surface area contributed by atoms with E-state index in [2.05, 4.69) is 34.6 Å². The molecule has 0 saturated carbocycles. The summed E-state index contributed by atoms with van der Waals surface area (Å²) in [5.41, 5.74) is 0. The number of ether oxygens (including phenoxy) is 3. The Labute approximate surface area is 329 Å². The van der Waals surface area contributed by atoms with Crippen molar-refractivity contribution in [2.45, 2.75) is 259 Å². The average molecular weight is 751 g/mol. The quantitative estimate of drug-likeness (QED) is 0.0352. The van der Waals surface area contributed by atoms with E-state index in [1.165, 1.54) is 141 Å². The number of esters is 3. The average Bonchev–Trinajstić information content (AvgIpc) is 3.14. The van der Waals surface area contributed by atoms with E-state index >= 15 is 0 Å². The molecule has 0 aliphatic rings. The van der Waals surface area contributed by atoms with Crippen LogP contribution in [0.1, 0.15) is 253 Å². The van der Waals surface area contributed by atoms with E-state index < -0.39 is 6.10 Å². The van der Waals surface area contributed by atoms with E-state index in [1.807, 2.05) is 0 Å². The Morgan fingerprint density at radius 3 is 1.08 bits per heavy atom. The van der Waals surface area contributed by atoms with Crippen LogP contribution in [0.3, 0.4) is 0 Å². The van der Waals surface area contributed by atoms with E-state index in [9.17, 15) is 14.4 Å². The molecule has 0 N–H and O–H groups in total.